The van der Waals surface area contributed by atoms with Gasteiger partial charge in [-0.2, -0.15) is 0 Å². The van der Waals surface area contributed by atoms with Gasteiger partial charge < -0.3 is 0 Å². The molecule has 0 radical (unpaired) electrons. The second-order valence-electron chi connectivity index (χ2n) is 5.52. The molecule has 4 heteroatoms. The van der Waals surface area contributed by atoms with Crippen molar-refractivity contribution >= 4 is 30.4 Å². The molecule has 124 valence electrons. The van der Waals surface area contributed by atoms with E-state index in [1.54, 1.807) is 7.11 Å². The molecular formula is C20H20O3Se. The summed E-state index contributed by atoms with van der Waals surface area (Å²) >= 11 is 0.0963. The molecule has 0 bridgehead atoms. The van der Waals surface area contributed by atoms with Crippen molar-refractivity contribution in [3.05, 3.63) is 59.0 Å². The molecule has 0 saturated heterocycles. The summed E-state index contributed by atoms with van der Waals surface area (Å²) < 4.78 is 11.8. The standard InChI is InChI=1S/C20H20O3Se/c1-3-4-12-24-19-18(14-8-6-5-7-9-14)16-13-15(22-2)10-11-17(16)23-20(19)21/h5-11,13H,3-4,12H2,1-2H3. The summed E-state index contributed by atoms with van der Waals surface area (Å²) in [6.07, 6.45) is 2.26. The van der Waals surface area contributed by atoms with Crippen LogP contribution in [0, 0.1) is 0 Å². The molecule has 2 aromatic carbocycles. The molecule has 0 atom stereocenters. The van der Waals surface area contributed by atoms with Gasteiger partial charge in [-0.15, -0.1) is 0 Å². The first-order valence-corrected chi connectivity index (χ1v) is 10.1. The Morgan fingerprint density at radius 3 is 2.62 bits per heavy atom. The van der Waals surface area contributed by atoms with Crippen LogP contribution in [0.15, 0.2) is 57.7 Å². The zero-order chi connectivity index (χ0) is 16.9. The van der Waals surface area contributed by atoms with Crippen molar-refractivity contribution in [2.45, 2.75) is 25.1 Å². The van der Waals surface area contributed by atoms with E-state index in [0.717, 1.165) is 44.9 Å². The Labute approximate surface area is 147 Å². The van der Waals surface area contributed by atoms with Crippen molar-refractivity contribution in [1.29, 1.82) is 0 Å². The number of fused-ring (bicyclic) bond motifs is 1. The number of ether oxygens (including phenoxy) is 1. The maximum absolute atomic E-state index is 12.6. The van der Waals surface area contributed by atoms with Crippen molar-refractivity contribution in [2.75, 3.05) is 7.11 Å². The first-order valence-electron chi connectivity index (χ1n) is 8.07. The van der Waals surface area contributed by atoms with E-state index in [0.29, 0.717) is 5.58 Å². The molecule has 3 nitrogen and oxygen atoms in total. The van der Waals surface area contributed by atoms with Crippen LogP contribution in [0.3, 0.4) is 0 Å². The molecule has 24 heavy (non-hydrogen) atoms. The topological polar surface area (TPSA) is 39.4 Å². The van der Waals surface area contributed by atoms with Gasteiger partial charge in [0.25, 0.3) is 0 Å². The van der Waals surface area contributed by atoms with Crippen LogP contribution < -0.4 is 14.8 Å². The van der Waals surface area contributed by atoms with Gasteiger partial charge in [-0.25, -0.2) is 0 Å². The Morgan fingerprint density at radius 2 is 1.92 bits per heavy atom. The zero-order valence-electron chi connectivity index (χ0n) is 13.9. The minimum absolute atomic E-state index is 0.0963. The SMILES string of the molecule is CCCC[Se]c1c(-c2ccccc2)c2cc(OC)ccc2oc1=O. The van der Waals surface area contributed by atoms with E-state index < -0.39 is 0 Å². The third-order valence-electron chi connectivity index (χ3n) is 3.88. The van der Waals surface area contributed by atoms with Crippen molar-refractivity contribution in [1.82, 2.24) is 0 Å². The Bertz CT molecular complexity index is 885. The number of benzene rings is 2. The van der Waals surface area contributed by atoms with E-state index in [-0.39, 0.29) is 20.6 Å². The number of unbranched alkanes of at least 4 members (excludes halogenated alkanes) is 1. The molecule has 0 aliphatic carbocycles. The predicted molar refractivity (Wildman–Crippen MR) is 99.6 cm³/mol. The summed E-state index contributed by atoms with van der Waals surface area (Å²) in [5, 5.41) is 1.98. The molecule has 0 aliphatic heterocycles. The monoisotopic (exact) mass is 388 g/mol. The first-order chi connectivity index (χ1) is 11.7. The van der Waals surface area contributed by atoms with E-state index in [1.807, 2.05) is 48.5 Å². The van der Waals surface area contributed by atoms with Crippen LogP contribution in [0.25, 0.3) is 22.1 Å². The molecule has 3 rings (SSSR count). The van der Waals surface area contributed by atoms with Gasteiger partial charge in [0, 0.05) is 0 Å². The molecule has 0 amide bonds. The third-order valence-corrected chi connectivity index (χ3v) is 6.30. The van der Waals surface area contributed by atoms with Crippen LogP contribution in [0.2, 0.25) is 5.32 Å². The van der Waals surface area contributed by atoms with E-state index in [1.165, 1.54) is 0 Å². The van der Waals surface area contributed by atoms with Crippen LogP contribution in [0.1, 0.15) is 19.8 Å². The zero-order valence-corrected chi connectivity index (χ0v) is 15.6. The van der Waals surface area contributed by atoms with E-state index in [9.17, 15) is 4.79 Å². The summed E-state index contributed by atoms with van der Waals surface area (Å²) in [5.74, 6) is 0.764. The van der Waals surface area contributed by atoms with Crippen LogP contribution in [-0.2, 0) is 0 Å². The average Bonchev–Trinajstić information content (AvgIpc) is 2.62. The summed E-state index contributed by atoms with van der Waals surface area (Å²) in [5.41, 5.74) is 2.45. The van der Waals surface area contributed by atoms with Gasteiger partial charge in [-0.3, -0.25) is 0 Å². The third kappa shape index (κ3) is 3.40. The fourth-order valence-corrected chi connectivity index (χ4v) is 5.08. The first kappa shape index (κ1) is 16.8. The van der Waals surface area contributed by atoms with Gasteiger partial charge in [0.15, 0.2) is 0 Å². The van der Waals surface area contributed by atoms with E-state index in [2.05, 4.69) is 6.92 Å². The number of rotatable bonds is 6. The van der Waals surface area contributed by atoms with Gasteiger partial charge in [0.05, 0.1) is 0 Å². The Balaban J connectivity index is 2.27. The summed E-state index contributed by atoms with van der Waals surface area (Å²) in [7, 11) is 1.65. The maximum atomic E-state index is 12.6. The van der Waals surface area contributed by atoms with E-state index >= 15 is 0 Å². The molecule has 0 N–H and O–H groups in total. The molecule has 1 aromatic heterocycles. The minimum atomic E-state index is -0.206. The van der Waals surface area contributed by atoms with Gasteiger partial charge in [-0.1, -0.05) is 0 Å². The molecule has 0 spiro atoms. The molecule has 0 fully saturated rings. The summed E-state index contributed by atoms with van der Waals surface area (Å²) in [6.45, 7) is 2.17. The Morgan fingerprint density at radius 1 is 1.12 bits per heavy atom. The number of hydrogen-bond acceptors (Lipinski definition) is 3. The number of hydrogen-bond donors (Lipinski definition) is 0. The Kier molecular flexibility index (Phi) is 5.39. The average molecular weight is 387 g/mol. The van der Waals surface area contributed by atoms with Gasteiger partial charge in [0.1, 0.15) is 0 Å². The van der Waals surface area contributed by atoms with Gasteiger partial charge in [-0.05, 0) is 0 Å². The normalized spacial score (nSPS) is 10.9. The van der Waals surface area contributed by atoms with Crippen molar-refractivity contribution in [3.8, 4) is 16.9 Å². The van der Waals surface area contributed by atoms with Crippen molar-refractivity contribution in [3.63, 3.8) is 0 Å². The van der Waals surface area contributed by atoms with Gasteiger partial charge in [0.2, 0.25) is 0 Å². The second kappa shape index (κ2) is 7.69. The fourth-order valence-electron chi connectivity index (χ4n) is 2.63. The molecule has 1 heterocycles. The van der Waals surface area contributed by atoms with Crippen LogP contribution >= 0.6 is 0 Å². The van der Waals surface area contributed by atoms with Crippen LogP contribution in [0.5, 0.6) is 5.75 Å². The molecule has 0 unspecified atom stereocenters. The molecular weight excluding hydrogens is 367 g/mol. The quantitative estimate of drug-likeness (QED) is 0.364. The van der Waals surface area contributed by atoms with Crippen molar-refractivity contribution in [2.24, 2.45) is 0 Å². The summed E-state index contributed by atoms with van der Waals surface area (Å²) in [6, 6.07) is 15.7. The molecule has 0 aliphatic rings. The molecule has 0 saturated carbocycles. The summed E-state index contributed by atoms with van der Waals surface area (Å²) in [4.78, 5) is 12.6. The fraction of sp³-hybridized carbons (Fsp3) is 0.250. The van der Waals surface area contributed by atoms with Gasteiger partial charge >= 0.3 is 148 Å². The molecule has 3 aromatic rings. The van der Waals surface area contributed by atoms with Crippen LogP contribution in [0.4, 0.5) is 0 Å². The number of methoxy groups -OCH3 is 1. The van der Waals surface area contributed by atoms with Crippen molar-refractivity contribution < 1.29 is 9.15 Å². The van der Waals surface area contributed by atoms with Crippen LogP contribution in [-0.4, -0.2) is 22.1 Å². The Hall–Kier alpha value is -2.03. The van der Waals surface area contributed by atoms with E-state index in [4.69, 9.17) is 9.15 Å². The second-order valence-corrected chi connectivity index (χ2v) is 7.84. The predicted octanol–water partition coefficient (Wildman–Crippen LogP) is 4.02.